The van der Waals surface area contributed by atoms with E-state index in [0.29, 0.717) is 30.8 Å². The molecule has 2 N–H and O–H groups in total. The number of anilines is 1. The summed E-state index contributed by atoms with van der Waals surface area (Å²) in [5.74, 6) is -0.495. The SMILES string of the molecule is CSc1ccc(NC(=O)c2c3c(cn(C)c2=O)CN(C(=O)c2cc[nH]c2)CC3)cc1. The Morgan fingerprint density at radius 2 is 1.93 bits per heavy atom. The molecule has 7 nitrogen and oxygen atoms in total. The third kappa shape index (κ3) is 3.78. The number of pyridine rings is 1. The van der Waals surface area contributed by atoms with Gasteiger partial charge in [0.15, 0.2) is 0 Å². The molecule has 0 aliphatic carbocycles. The lowest BCUT2D eigenvalue weighted by Crippen LogP contribution is -2.39. The van der Waals surface area contributed by atoms with Gasteiger partial charge in [-0.05, 0) is 54.1 Å². The Bertz CT molecular complexity index is 1150. The number of aromatic nitrogens is 2. The van der Waals surface area contributed by atoms with Gasteiger partial charge in [-0.3, -0.25) is 14.4 Å². The number of benzene rings is 1. The van der Waals surface area contributed by atoms with Gasteiger partial charge < -0.3 is 19.8 Å². The molecule has 3 aromatic rings. The third-order valence-corrected chi connectivity index (χ3v) is 6.02. The van der Waals surface area contributed by atoms with Crippen molar-refractivity contribution in [1.82, 2.24) is 14.5 Å². The van der Waals surface area contributed by atoms with Crippen LogP contribution in [0.3, 0.4) is 0 Å². The maximum Gasteiger partial charge on any atom is 0.263 e. The summed E-state index contributed by atoms with van der Waals surface area (Å²) >= 11 is 1.62. The van der Waals surface area contributed by atoms with E-state index in [2.05, 4.69) is 10.3 Å². The monoisotopic (exact) mass is 422 g/mol. The van der Waals surface area contributed by atoms with Crippen LogP contribution in [0.25, 0.3) is 0 Å². The number of aromatic amines is 1. The number of H-pyrrole nitrogens is 1. The van der Waals surface area contributed by atoms with Gasteiger partial charge in [0.25, 0.3) is 17.4 Å². The predicted octanol–water partition coefficient (Wildman–Crippen LogP) is 2.89. The van der Waals surface area contributed by atoms with Crippen LogP contribution in [0.4, 0.5) is 5.69 Å². The minimum atomic E-state index is -0.422. The number of nitrogens with zero attached hydrogens (tertiary/aromatic N) is 2. The maximum atomic E-state index is 13.0. The van der Waals surface area contributed by atoms with E-state index in [9.17, 15) is 14.4 Å². The number of carbonyl (C=O) groups excluding carboxylic acids is 2. The van der Waals surface area contributed by atoms with Crippen molar-refractivity contribution in [3.05, 3.63) is 81.5 Å². The molecule has 4 rings (SSSR count). The van der Waals surface area contributed by atoms with E-state index in [1.165, 1.54) is 4.57 Å². The Labute approximate surface area is 178 Å². The Morgan fingerprint density at radius 3 is 2.60 bits per heavy atom. The van der Waals surface area contributed by atoms with E-state index >= 15 is 0 Å². The molecule has 0 radical (unpaired) electrons. The van der Waals surface area contributed by atoms with Crippen molar-refractivity contribution in [1.29, 1.82) is 0 Å². The lowest BCUT2D eigenvalue weighted by Gasteiger charge is -2.30. The second-order valence-corrected chi connectivity index (χ2v) is 8.06. The van der Waals surface area contributed by atoms with Crippen LogP contribution in [0.1, 0.15) is 31.8 Å². The predicted molar refractivity (Wildman–Crippen MR) is 117 cm³/mol. The summed E-state index contributed by atoms with van der Waals surface area (Å²) in [4.78, 5) is 44.2. The molecule has 1 aromatic carbocycles. The maximum absolute atomic E-state index is 13.0. The normalized spacial score (nSPS) is 13.1. The minimum Gasteiger partial charge on any atom is -0.367 e. The van der Waals surface area contributed by atoms with Crippen molar-refractivity contribution < 1.29 is 9.59 Å². The summed E-state index contributed by atoms with van der Waals surface area (Å²) in [5.41, 5.74) is 2.58. The zero-order valence-electron chi connectivity index (χ0n) is 16.8. The van der Waals surface area contributed by atoms with Crippen molar-refractivity contribution in [2.45, 2.75) is 17.9 Å². The first kappa shape index (κ1) is 20.0. The van der Waals surface area contributed by atoms with Crippen molar-refractivity contribution in [2.24, 2.45) is 7.05 Å². The number of nitrogens with one attached hydrogen (secondary N) is 2. The molecule has 154 valence electrons. The number of aryl methyl sites for hydroxylation is 1. The zero-order chi connectivity index (χ0) is 21.3. The number of amides is 2. The minimum absolute atomic E-state index is 0.0735. The van der Waals surface area contributed by atoms with Crippen LogP contribution in [0.2, 0.25) is 0 Å². The van der Waals surface area contributed by atoms with Gasteiger partial charge in [0.1, 0.15) is 5.56 Å². The van der Waals surface area contributed by atoms with E-state index in [1.807, 2.05) is 30.5 Å². The van der Waals surface area contributed by atoms with Gasteiger partial charge in [-0.1, -0.05) is 0 Å². The molecule has 2 aromatic heterocycles. The Hall–Kier alpha value is -3.26. The second kappa shape index (κ2) is 8.23. The Kier molecular flexibility index (Phi) is 5.50. The van der Waals surface area contributed by atoms with E-state index in [1.54, 1.807) is 48.4 Å². The van der Waals surface area contributed by atoms with Crippen molar-refractivity contribution in [3.8, 4) is 0 Å². The molecule has 0 saturated carbocycles. The fraction of sp³-hybridized carbons (Fsp3) is 0.227. The van der Waals surface area contributed by atoms with Crippen molar-refractivity contribution in [3.63, 3.8) is 0 Å². The van der Waals surface area contributed by atoms with E-state index in [4.69, 9.17) is 0 Å². The molecular formula is C22H22N4O3S. The van der Waals surface area contributed by atoms with Gasteiger partial charge in [0.2, 0.25) is 0 Å². The molecule has 0 fully saturated rings. The van der Waals surface area contributed by atoms with Crippen molar-refractivity contribution >= 4 is 29.3 Å². The molecule has 30 heavy (non-hydrogen) atoms. The molecular weight excluding hydrogens is 400 g/mol. The fourth-order valence-corrected chi connectivity index (χ4v) is 4.11. The number of rotatable bonds is 4. The topological polar surface area (TPSA) is 87.2 Å². The van der Waals surface area contributed by atoms with Crippen LogP contribution in [0.5, 0.6) is 0 Å². The second-order valence-electron chi connectivity index (χ2n) is 7.18. The number of carbonyl (C=O) groups is 2. The molecule has 0 spiro atoms. The number of thioether (sulfide) groups is 1. The molecule has 3 heterocycles. The highest BCUT2D eigenvalue weighted by Gasteiger charge is 2.28. The van der Waals surface area contributed by atoms with Crippen molar-refractivity contribution in [2.75, 3.05) is 18.1 Å². The lowest BCUT2D eigenvalue weighted by molar-refractivity contribution is 0.0734. The summed E-state index contributed by atoms with van der Waals surface area (Å²) in [7, 11) is 1.62. The number of fused-ring (bicyclic) bond motifs is 1. The summed E-state index contributed by atoms with van der Waals surface area (Å²) in [5, 5.41) is 2.84. The van der Waals surface area contributed by atoms with Gasteiger partial charge in [0.05, 0.1) is 5.56 Å². The third-order valence-electron chi connectivity index (χ3n) is 5.27. The fourth-order valence-electron chi connectivity index (χ4n) is 3.70. The summed E-state index contributed by atoms with van der Waals surface area (Å²) < 4.78 is 1.41. The molecule has 0 unspecified atom stereocenters. The summed E-state index contributed by atoms with van der Waals surface area (Å²) in [6.45, 7) is 0.809. The van der Waals surface area contributed by atoms with Gasteiger partial charge in [-0.15, -0.1) is 11.8 Å². The molecule has 0 bridgehead atoms. The van der Waals surface area contributed by atoms with Crippen LogP contribution in [0.15, 0.2) is 58.6 Å². The average Bonchev–Trinajstić information content (AvgIpc) is 3.29. The molecule has 0 saturated heterocycles. The van der Waals surface area contributed by atoms with E-state index in [-0.39, 0.29) is 17.0 Å². The highest BCUT2D eigenvalue weighted by Crippen LogP contribution is 2.23. The summed E-state index contributed by atoms with van der Waals surface area (Å²) in [6.07, 6.45) is 7.54. The Morgan fingerprint density at radius 1 is 1.17 bits per heavy atom. The molecule has 0 atom stereocenters. The first-order valence-electron chi connectivity index (χ1n) is 9.57. The first-order chi connectivity index (χ1) is 14.5. The van der Waals surface area contributed by atoms with Gasteiger partial charge in [-0.2, -0.15) is 0 Å². The first-order valence-corrected chi connectivity index (χ1v) is 10.8. The highest BCUT2D eigenvalue weighted by molar-refractivity contribution is 7.98. The van der Waals surface area contributed by atoms with Crippen LogP contribution in [-0.2, 0) is 20.0 Å². The zero-order valence-corrected chi connectivity index (χ0v) is 17.6. The molecule has 8 heteroatoms. The number of hydrogen-bond donors (Lipinski definition) is 2. The van der Waals surface area contributed by atoms with Gasteiger partial charge >= 0.3 is 0 Å². The summed E-state index contributed by atoms with van der Waals surface area (Å²) in [6, 6.07) is 9.22. The highest BCUT2D eigenvalue weighted by atomic mass is 32.2. The van der Waals surface area contributed by atoms with Gasteiger partial charge in [0, 0.05) is 49.3 Å². The van der Waals surface area contributed by atoms with Crippen LogP contribution in [0, 0.1) is 0 Å². The van der Waals surface area contributed by atoms with Gasteiger partial charge in [-0.25, -0.2) is 0 Å². The molecule has 1 aliphatic rings. The molecule has 2 amide bonds. The molecule has 1 aliphatic heterocycles. The van der Waals surface area contributed by atoms with Crippen LogP contribution >= 0.6 is 11.8 Å². The Balaban J connectivity index is 1.62. The van der Waals surface area contributed by atoms with E-state index < -0.39 is 5.91 Å². The van der Waals surface area contributed by atoms with Crippen LogP contribution in [-0.4, -0.2) is 39.1 Å². The largest absolute Gasteiger partial charge is 0.367 e. The average molecular weight is 423 g/mol. The quantitative estimate of drug-likeness (QED) is 0.633. The van der Waals surface area contributed by atoms with Crippen LogP contribution < -0.4 is 10.9 Å². The van der Waals surface area contributed by atoms with E-state index in [0.717, 1.165) is 16.0 Å². The lowest BCUT2D eigenvalue weighted by atomic mass is 9.95. The standard InChI is InChI=1S/C22H22N4O3S/c1-25-12-15-13-26(21(28)14-7-9-23-11-14)10-8-18(15)19(22(25)29)20(27)24-16-3-5-17(30-2)6-4-16/h3-7,9,11-12,23H,8,10,13H2,1-2H3,(H,24,27). The number of hydrogen-bond acceptors (Lipinski definition) is 4. The smallest absolute Gasteiger partial charge is 0.263 e.